The number of rotatable bonds is 7. The molecule has 0 radical (unpaired) electrons. The van der Waals surface area contributed by atoms with Crippen molar-refractivity contribution < 1.29 is 17.5 Å². The molecule has 0 heterocycles. The maximum atomic E-state index is 13.3. The van der Waals surface area contributed by atoms with Gasteiger partial charge in [0.15, 0.2) is 0 Å². The third-order valence-corrected chi connectivity index (χ3v) is 4.67. The average molecular weight is 314 g/mol. The summed E-state index contributed by atoms with van der Waals surface area (Å²) in [6.45, 7) is 4.60. The number of hydrogen-bond donors (Lipinski definition) is 0. The second-order valence-corrected chi connectivity index (χ2v) is 6.94. The van der Waals surface area contributed by atoms with E-state index >= 15 is 0 Å². The highest BCUT2D eigenvalue weighted by atomic mass is 32.2. The molecule has 0 fully saturated rings. The summed E-state index contributed by atoms with van der Waals surface area (Å²) in [4.78, 5) is -0.0859. The van der Waals surface area contributed by atoms with Gasteiger partial charge in [-0.3, -0.25) is 0 Å². The van der Waals surface area contributed by atoms with E-state index in [1.54, 1.807) is 6.07 Å². The largest absolute Gasteiger partial charge is 0.383 e. The molecule has 0 N–H and O–H groups in total. The molecule has 0 spiro atoms. The second-order valence-electron chi connectivity index (χ2n) is 5.00. The smallest absolute Gasteiger partial charge is 0.243 e. The quantitative estimate of drug-likeness (QED) is 0.771. The molecule has 5 nitrogen and oxygen atoms in total. The predicted molar refractivity (Wildman–Crippen MR) is 76.6 cm³/mol. The Hall–Kier alpha value is -1.49. The Balaban J connectivity index is 3.18. The lowest BCUT2D eigenvalue weighted by Gasteiger charge is -2.23. The molecule has 1 rings (SSSR count). The number of hydrogen-bond acceptors (Lipinski definition) is 4. The molecule has 1 aromatic carbocycles. The zero-order chi connectivity index (χ0) is 16.0. The number of ether oxygens (including phenoxy) is 1. The van der Waals surface area contributed by atoms with Crippen LogP contribution in [0.3, 0.4) is 0 Å². The minimum absolute atomic E-state index is 0.0859. The van der Waals surface area contributed by atoms with Crippen molar-refractivity contribution in [2.24, 2.45) is 5.92 Å². The van der Waals surface area contributed by atoms with Gasteiger partial charge in [-0.25, -0.2) is 12.8 Å². The zero-order valence-corrected chi connectivity index (χ0v) is 13.2. The standard InChI is InChI=1S/C14H19FN2O3S/c1-11(2)10-17(6-7-20-3)21(18,19)13-4-5-14(15)12(8-13)9-16/h4-5,8,11H,6-7,10H2,1-3H3. The molecular weight excluding hydrogens is 295 g/mol. The van der Waals surface area contributed by atoms with Gasteiger partial charge in [0.2, 0.25) is 10.0 Å². The van der Waals surface area contributed by atoms with Crippen LogP contribution in [0, 0.1) is 23.1 Å². The Morgan fingerprint density at radius 1 is 1.43 bits per heavy atom. The molecule has 0 aromatic heterocycles. The first-order valence-corrected chi connectivity index (χ1v) is 7.95. The van der Waals surface area contributed by atoms with Crippen molar-refractivity contribution in [3.05, 3.63) is 29.6 Å². The highest BCUT2D eigenvalue weighted by Gasteiger charge is 2.25. The van der Waals surface area contributed by atoms with Crippen LogP contribution in [0.15, 0.2) is 23.1 Å². The molecule has 0 saturated carbocycles. The van der Waals surface area contributed by atoms with E-state index in [1.807, 2.05) is 13.8 Å². The summed E-state index contributed by atoms with van der Waals surface area (Å²) in [6, 6.07) is 4.88. The number of methoxy groups -OCH3 is 1. The lowest BCUT2D eigenvalue weighted by molar-refractivity contribution is 0.175. The maximum Gasteiger partial charge on any atom is 0.243 e. The van der Waals surface area contributed by atoms with Crippen molar-refractivity contribution in [1.82, 2.24) is 4.31 Å². The molecule has 0 aliphatic carbocycles. The topological polar surface area (TPSA) is 70.4 Å². The van der Waals surface area contributed by atoms with E-state index in [0.29, 0.717) is 6.54 Å². The van der Waals surface area contributed by atoms with Crippen LogP contribution in [-0.4, -0.2) is 39.5 Å². The molecular formula is C14H19FN2O3S. The predicted octanol–water partition coefficient (Wildman–Crippen LogP) is 1.99. The van der Waals surface area contributed by atoms with Gasteiger partial charge in [-0.15, -0.1) is 0 Å². The van der Waals surface area contributed by atoms with Gasteiger partial charge in [-0.2, -0.15) is 9.57 Å². The van der Waals surface area contributed by atoms with E-state index in [-0.39, 0.29) is 29.5 Å². The second kappa shape index (κ2) is 7.50. The van der Waals surface area contributed by atoms with Gasteiger partial charge < -0.3 is 4.74 Å². The molecule has 7 heteroatoms. The van der Waals surface area contributed by atoms with Crippen molar-refractivity contribution in [2.75, 3.05) is 26.8 Å². The fraction of sp³-hybridized carbons (Fsp3) is 0.500. The Morgan fingerprint density at radius 3 is 2.62 bits per heavy atom. The number of nitrogens with zero attached hydrogens (tertiary/aromatic N) is 2. The summed E-state index contributed by atoms with van der Waals surface area (Å²) in [5.74, 6) is -0.601. The normalized spacial score (nSPS) is 11.9. The molecule has 0 saturated heterocycles. The van der Waals surface area contributed by atoms with E-state index in [0.717, 1.165) is 12.1 Å². The molecule has 0 aliphatic rings. The number of nitriles is 1. The molecule has 0 unspecified atom stereocenters. The zero-order valence-electron chi connectivity index (χ0n) is 12.3. The van der Waals surface area contributed by atoms with Crippen LogP contribution in [0.2, 0.25) is 0 Å². The molecule has 0 aliphatic heterocycles. The number of sulfonamides is 1. The van der Waals surface area contributed by atoms with Gasteiger partial charge in [0.1, 0.15) is 11.9 Å². The van der Waals surface area contributed by atoms with Crippen molar-refractivity contribution in [3.63, 3.8) is 0 Å². The van der Waals surface area contributed by atoms with Gasteiger partial charge in [0, 0.05) is 20.2 Å². The molecule has 1 aromatic rings. The van der Waals surface area contributed by atoms with Gasteiger partial charge in [0.05, 0.1) is 17.1 Å². The molecule has 0 amide bonds. The summed E-state index contributed by atoms with van der Waals surface area (Å²) in [6.07, 6.45) is 0. The lowest BCUT2D eigenvalue weighted by atomic mass is 10.2. The van der Waals surface area contributed by atoms with E-state index in [9.17, 15) is 12.8 Å². The Bertz CT molecular complexity index is 624. The van der Waals surface area contributed by atoms with E-state index < -0.39 is 15.8 Å². The first-order chi connectivity index (χ1) is 9.82. The van der Waals surface area contributed by atoms with Gasteiger partial charge >= 0.3 is 0 Å². The van der Waals surface area contributed by atoms with Crippen LogP contribution in [0.5, 0.6) is 0 Å². The first-order valence-electron chi connectivity index (χ1n) is 6.51. The van der Waals surface area contributed by atoms with Crippen LogP contribution in [0.4, 0.5) is 4.39 Å². The van der Waals surface area contributed by atoms with Crippen LogP contribution >= 0.6 is 0 Å². The molecule has 0 bridgehead atoms. The Morgan fingerprint density at radius 2 is 2.10 bits per heavy atom. The summed E-state index contributed by atoms with van der Waals surface area (Å²) in [7, 11) is -2.29. The van der Waals surface area contributed by atoms with Gasteiger partial charge in [0.25, 0.3) is 0 Å². The minimum atomic E-state index is -3.78. The average Bonchev–Trinajstić information content (AvgIpc) is 2.43. The third kappa shape index (κ3) is 4.49. The number of benzene rings is 1. The highest BCUT2D eigenvalue weighted by molar-refractivity contribution is 7.89. The van der Waals surface area contributed by atoms with E-state index in [1.165, 1.54) is 17.5 Å². The summed E-state index contributed by atoms with van der Waals surface area (Å²) < 4.78 is 44.7. The van der Waals surface area contributed by atoms with Crippen molar-refractivity contribution >= 4 is 10.0 Å². The molecule has 21 heavy (non-hydrogen) atoms. The van der Waals surface area contributed by atoms with Crippen LogP contribution in [0.1, 0.15) is 19.4 Å². The SMILES string of the molecule is COCCN(CC(C)C)S(=O)(=O)c1ccc(F)c(C#N)c1. The Labute approximate surface area is 125 Å². The number of halogens is 1. The molecule has 0 atom stereocenters. The Kier molecular flexibility index (Phi) is 6.27. The fourth-order valence-electron chi connectivity index (χ4n) is 1.81. The van der Waals surface area contributed by atoms with Crippen LogP contribution in [0.25, 0.3) is 0 Å². The first kappa shape index (κ1) is 17.6. The van der Waals surface area contributed by atoms with Crippen molar-refractivity contribution in [2.45, 2.75) is 18.7 Å². The monoisotopic (exact) mass is 314 g/mol. The summed E-state index contributed by atoms with van der Waals surface area (Å²) >= 11 is 0. The fourth-order valence-corrected chi connectivity index (χ4v) is 3.42. The minimum Gasteiger partial charge on any atom is -0.383 e. The summed E-state index contributed by atoms with van der Waals surface area (Å²) in [5.41, 5.74) is -0.285. The lowest BCUT2D eigenvalue weighted by Crippen LogP contribution is -2.36. The molecule has 116 valence electrons. The van der Waals surface area contributed by atoms with Gasteiger partial charge in [-0.1, -0.05) is 13.8 Å². The van der Waals surface area contributed by atoms with Crippen molar-refractivity contribution in [3.8, 4) is 6.07 Å². The third-order valence-electron chi connectivity index (χ3n) is 2.81. The van der Waals surface area contributed by atoms with Crippen LogP contribution in [-0.2, 0) is 14.8 Å². The highest BCUT2D eigenvalue weighted by Crippen LogP contribution is 2.20. The van der Waals surface area contributed by atoms with E-state index in [4.69, 9.17) is 10.00 Å². The summed E-state index contributed by atoms with van der Waals surface area (Å²) in [5, 5.41) is 8.82. The maximum absolute atomic E-state index is 13.3. The van der Waals surface area contributed by atoms with Crippen molar-refractivity contribution in [1.29, 1.82) is 5.26 Å². The van der Waals surface area contributed by atoms with E-state index in [2.05, 4.69) is 0 Å². The van der Waals surface area contributed by atoms with Crippen LogP contribution < -0.4 is 0 Å². The van der Waals surface area contributed by atoms with Gasteiger partial charge in [-0.05, 0) is 24.1 Å².